The largest absolute Gasteiger partial charge is 0.459 e. The van der Waals surface area contributed by atoms with E-state index in [9.17, 15) is 9.59 Å². The molecule has 3 rings (SSSR count). The van der Waals surface area contributed by atoms with Crippen molar-refractivity contribution in [2.75, 3.05) is 11.1 Å². The van der Waals surface area contributed by atoms with Crippen LogP contribution >= 0.6 is 11.8 Å². The molecule has 0 unspecified atom stereocenters. The van der Waals surface area contributed by atoms with Crippen molar-refractivity contribution < 1.29 is 14.3 Å². The van der Waals surface area contributed by atoms with E-state index in [1.54, 1.807) is 38.1 Å². The molecule has 7 nitrogen and oxygen atoms in total. The Kier molecular flexibility index (Phi) is 6.66. The number of thioether (sulfide) groups is 1. The Morgan fingerprint density at radius 3 is 2.41 bits per heavy atom. The third-order valence-corrected chi connectivity index (χ3v) is 4.97. The Balaban J connectivity index is 1.55. The number of nitrogens with zero attached hydrogens (tertiary/aromatic N) is 3. The van der Waals surface area contributed by atoms with Gasteiger partial charge in [-0.3, -0.25) is 4.79 Å². The van der Waals surface area contributed by atoms with Gasteiger partial charge in [-0.15, -0.1) is 10.2 Å². The summed E-state index contributed by atoms with van der Waals surface area (Å²) in [6, 6.07) is 16.4. The van der Waals surface area contributed by atoms with E-state index in [1.165, 1.54) is 11.8 Å². The molecule has 2 aromatic carbocycles. The molecule has 0 aliphatic heterocycles. The predicted octanol–water partition coefficient (Wildman–Crippen LogP) is 3.78. The van der Waals surface area contributed by atoms with Crippen LogP contribution in [0.3, 0.4) is 0 Å². The third kappa shape index (κ3) is 5.45. The van der Waals surface area contributed by atoms with E-state index in [4.69, 9.17) is 4.74 Å². The van der Waals surface area contributed by atoms with Gasteiger partial charge in [0, 0.05) is 18.3 Å². The zero-order chi connectivity index (χ0) is 20.8. The van der Waals surface area contributed by atoms with E-state index in [2.05, 4.69) is 15.5 Å². The summed E-state index contributed by atoms with van der Waals surface area (Å²) in [6.07, 6.45) is -0.179. The normalized spacial score (nSPS) is 10.8. The molecule has 1 heterocycles. The summed E-state index contributed by atoms with van der Waals surface area (Å²) in [5, 5.41) is 11.8. The Labute approximate surface area is 173 Å². The van der Waals surface area contributed by atoms with Gasteiger partial charge in [0.15, 0.2) is 11.0 Å². The van der Waals surface area contributed by atoms with Crippen LogP contribution in [0.4, 0.5) is 5.69 Å². The number of benzene rings is 2. The van der Waals surface area contributed by atoms with Crippen LogP contribution < -0.4 is 5.32 Å². The highest BCUT2D eigenvalue weighted by Gasteiger charge is 2.13. The van der Waals surface area contributed by atoms with E-state index in [-0.39, 0.29) is 23.7 Å². The first-order valence-electron chi connectivity index (χ1n) is 9.12. The molecule has 0 bridgehead atoms. The number of esters is 1. The Morgan fingerprint density at radius 1 is 1.07 bits per heavy atom. The van der Waals surface area contributed by atoms with Crippen molar-refractivity contribution in [2.24, 2.45) is 7.05 Å². The van der Waals surface area contributed by atoms with Gasteiger partial charge in [0.05, 0.1) is 17.4 Å². The van der Waals surface area contributed by atoms with Crippen LogP contribution in [0.25, 0.3) is 11.4 Å². The zero-order valence-corrected chi connectivity index (χ0v) is 17.3. The molecule has 0 saturated carbocycles. The molecule has 0 fully saturated rings. The maximum atomic E-state index is 12.3. The molecule has 150 valence electrons. The van der Waals surface area contributed by atoms with E-state index in [0.29, 0.717) is 16.4 Å². The smallest absolute Gasteiger partial charge is 0.338 e. The van der Waals surface area contributed by atoms with Gasteiger partial charge in [0.2, 0.25) is 5.91 Å². The first-order valence-corrected chi connectivity index (χ1v) is 10.1. The van der Waals surface area contributed by atoms with Crippen LogP contribution in [-0.4, -0.2) is 38.5 Å². The number of aromatic nitrogens is 3. The molecule has 0 spiro atoms. The summed E-state index contributed by atoms with van der Waals surface area (Å²) in [6.45, 7) is 3.59. The van der Waals surface area contributed by atoms with E-state index < -0.39 is 0 Å². The van der Waals surface area contributed by atoms with Gasteiger partial charge in [-0.2, -0.15) is 0 Å². The van der Waals surface area contributed by atoms with Gasteiger partial charge >= 0.3 is 5.97 Å². The lowest BCUT2D eigenvalue weighted by Crippen LogP contribution is -2.15. The number of carbonyl (C=O) groups excluding carboxylic acids is 2. The molecule has 1 aromatic heterocycles. The molecule has 29 heavy (non-hydrogen) atoms. The molecule has 0 radical (unpaired) electrons. The predicted molar refractivity (Wildman–Crippen MR) is 113 cm³/mol. The lowest BCUT2D eigenvalue weighted by atomic mass is 10.2. The van der Waals surface area contributed by atoms with Gasteiger partial charge in [0.1, 0.15) is 0 Å². The highest BCUT2D eigenvalue weighted by molar-refractivity contribution is 7.99. The van der Waals surface area contributed by atoms with Crippen LogP contribution in [0.15, 0.2) is 59.8 Å². The number of hydrogen-bond acceptors (Lipinski definition) is 6. The molecular formula is C21H22N4O3S. The first-order chi connectivity index (χ1) is 13.9. The maximum absolute atomic E-state index is 12.3. The summed E-state index contributed by atoms with van der Waals surface area (Å²) in [5.41, 5.74) is 2.02. The number of rotatable bonds is 7. The number of carbonyl (C=O) groups is 2. The summed E-state index contributed by atoms with van der Waals surface area (Å²) >= 11 is 1.31. The topological polar surface area (TPSA) is 86.1 Å². The van der Waals surface area contributed by atoms with Crippen LogP contribution in [0.5, 0.6) is 0 Å². The van der Waals surface area contributed by atoms with Crippen LogP contribution in [0, 0.1) is 0 Å². The Hall–Kier alpha value is -3.13. The van der Waals surface area contributed by atoms with Crippen molar-refractivity contribution in [3.63, 3.8) is 0 Å². The second kappa shape index (κ2) is 9.38. The van der Waals surface area contributed by atoms with Crippen molar-refractivity contribution in [1.82, 2.24) is 14.8 Å². The molecule has 8 heteroatoms. The molecule has 0 aliphatic carbocycles. The van der Waals surface area contributed by atoms with Gasteiger partial charge in [-0.05, 0) is 38.1 Å². The SMILES string of the molecule is CC(C)OC(=O)c1ccc(NC(=O)CSc2nnc(-c3ccccc3)n2C)cc1. The minimum Gasteiger partial charge on any atom is -0.459 e. The van der Waals surface area contributed by atoms with Gasteiger partial charge in [0.25, 0.3) is 0 Å². The lowest BCUT2D eigenvalue weighted by molar-refractivity contribution is -0.113. The molecule has 0 atom stereocenters. The molecular weight excluding hydrogens is 388 g/mol. The van der Waals surface area contributed by atoms with Crippen LogP contribution in [0.2, 0.25) is 0 Å². The quantitative estimate of drug-likeness (QED) is 0.471. The molecule has 0 aliphatic rings. The maximum Gasteiger partial charge on any atom is 0.338 e. The number of anilines is 1. The fraction of sp³-hybridized carbons (Fsp3) is 0.238. The highest BCUT2D eigenvalue weighted by atomic mass is 32.2. The standard InChI is InChI=1S/C21H22N4O3S/c1-14(2)28-20(27)16-9-11-17(12-10-16)22-18(26)13-29-21-24-23-19(25(21)3)15-7-5-4-6-8-15/h4-12,14H,13H2,1-3H3,(H,22,26). The second-order valence-electron chi connectivity index (χ2n) is 6.60. The van der Waals surface area contributed by atoms with Crippen molar-refractivity contribution in [2.45, 2.75) is 25.1 Å². The summed E-state index contributed by atoms with van der Waals surface area (Å²) in [7, 11) is 1.87. The fourth-order valence-electron chi connectivity index (χ4n) is 2.58. The van der Waals surface area contributed by atoms with E-state index in [1.807, 2.05) is 41.9 Å². The lowest BCUT2D eigenvalue weighted by Gasteiger charge is -2.09. The Bertz CT molecular complexity index is 985. The Morgan fingerprint density at radius 2 is 1.76 bits per heavy atom. The van der Waals surface area contributed by atoms with Crippen LogP contribution in [0.1, 0.15) is 24.2 Å². The molecule has 3 aromatic rings. The average Bonchev–Trinajstić information content (AvgIpc) is 3.07. The zero-order valence-electron chi connectivity index (χ0n) is 16.5. The molecule has 0 saturated heterocycles. The fourth-order valence-corrected chi connectivity index (χ4v) is 3.29. The van der Waals surface area contributed by atoms with Crippen molar-refractivity contribution in [3.8, 4) is 11.4 Å². The molecule has 1 N–H and O–H groups in total. The molecule has 1 amide bonds. The van der Waals surface area contributed by atoms with Gasteiger partial charge in [-0.1, -0.05) is 42.1 Å². The number of nitrogens with one attached hydrogen (secondary N) is 1. The minimum atomic E-state index is -0.384. The third-order valence-electron chi connectivity index (χ3n) is 3.95. The number of hydrogen-bond donors (Lipinski definition) is 1. The first kappa shape index (κ1) is 20.6. The van der Waals surface area contributed by atoms with Gasteiger partial charge < -0.3 is 14.6 Å². The highest BCUT2D eigenvalue weighted by Crippen LogP contribution is 2.22. The van der Waals surface area contributed by atoms with Gasteiger partial charge in [-0.25, -0.2) is 4.79 Å². The second-order valence-corrected chi connectivity index (χ2v) is 7.54. The summed E-state index contributed by atoms with van der Waals surface area (Å²) in [5.74, 6) is 0.386. The summed E-state index contributed by atoms with van der Waals surface area (Å²) < 4.78 is 7.01. The number of amides is 1. The van der Waals surface area contributed by atoms with E-state index >= 15 is 0 Å². The van der Waals surface area contributed by atoms with Crippen LogP contribution in [-0.2, 0) is 16.6 Å². The minimum absolute atomic E-state index is 0.170. The van der Waals surface area contributed by atoms with Crippen molar-refractivity contribution >= 4 is 29.3 Å². The van der Waals surface area contributed by atoms with E-state index in [0.717, 1.165) is 11.4 Å². The van der Waals surface area contributed by atoms with Crippen molar-refractivity contribution in [1.29, 1.82) is 0 Å². The average molecular weight is 410 g/mol. The summed E-state index contributed by atoms with van der Waals surface area (Å²) in [4.78, 5) is 24.1. The number of ether oxygens (including phenoxy) is 1. The monoisotopic (exact) mass is 410 g/mol. The van der Waals surface area contributed by atoms with Crippen molar-refractivity contribution in [3.05, 3.63) is 60.2 Å².